The molecule has 2 aromatic rings. The Morgan fingerprint density at radius 3 is 2.41 bits per heavy atom. The van der Waals surface area contributed by atoms with Gasteiger partial charge in [-0.25, -0.2) is 4.39 Å². The van der Waals surface area contributed by atoms with E-state index in [1.165, 1.54) is 5.56 Å². The van der Waals surface area contributed by atoms with Crippen LogP contribution in [0.15, 0.2) is 30.3 Å². The Morgan fingerprint density at radius 2 is 1.74 bits per heavy atom. The van der Waals surface area contributed by atoms with Crippen LogP contribution in [-0.4, -0.2) is 11.6 Å². The molecule has 0 N–H and O–H groups in total. The summed E-state index contributed by atoms with van der Waals surface area (Å²) in [4.78, 5) is 2.89. The van der Waals surface area contributed by atoms with Crippen molar-refractivity contribution in [3.05, 3.63) is 59.2 Å². The molecule has 1 aliphatic rings. The van der Waals surface area contributed by atoms with Crippen molar-refractivity contribution in [1.82, 2.24) is 4.98 Å². The predicted molar refractivity (Wildman–Crippen MR) is 97.9 cm³/mol. The Balaban J connectivity index is 1.57. The number of rotatable bonds is 4. The molecule has 0 atom stereocenters. The number of ether oxygens (including phenoxy) is 1. The molecule has 0 unspecified atom stereocenters. The van der Waals surface area contributed by atoms with Crippen molar-refractivity contribution in [2.75, 3.05) is 6.61 Å². The van der Waals surface area contributed by atoms with Crippen LogP contribution in [0.5, 0.6) is 5.75 Å². The second kappa shape index (κ2) is 8.94. The summed E-state index contributed by atoms with van der Waals surface area (Å²) in [6.07, 6.45) is 4.76. The van der Waals surface area contributed by atoms with E-state index in [4.69, 9.17) is 4.74 Å². The van der Waals surface area contributed by atoms with Crippen LogP contribution in [0.4, 0.5) is 13.2 Å². The second-order valence-electron chi connectivity index (χ2n) is 6.83. The van der Waals surface area contributed by atoms with E-state index in [-0.39, 0.29) is 11.5 Å². The van der Waals surface area contributed by atoms with Gasteiger partial charge in [-0.05, 0) is 61.8 Å². The Labute approximate surface area is 157 Å². The maximum Gasteiger partial charge on any atom is 0.251 e. The molecule has 0 amide bonds. The summed E-state index contributed by atoms with van der Waals surface area (Å²) in [6.45, 7) is 2.80. The number of pyridine rings is 1. The summed E-state index contributed by atoms with van der Waals surface area (Å²) in [5.41, 5.74) is 1.10. The highest BCUT2D eigenvalue weighted by Crippen LogP contribution is 2.36. The summed E-state index contributed by atoms with van der Waals surface area (Å²) in [6, 6.07) is 9.01. The van der Waals surface area contributed by atoms with Gasteiger partial charge in [0.05, 0.1) is 12.2 Å². The first kappa shape index (κ1) is 19.3. The van der Waals surface area contributed by atoms with E-state index in [0.717, 1.165) is 50.5 Å². The van der Waals surface area contributed by atoms with Crippen LogP contribution in [0.25, 0.3) is 0 Å². The molecule has 1 heterocycles. The molecule has 142 valence electrons. The fourth-order valence-corrected chi connectivity index (χ4v) is 3.34. The minimum Gasteiger partial charge on any atom is -0.494 e. The maximum atomic E-state index is 13.5. The SMILES string of the molecule is CCCOc1ccc([C@H]2CC[C@H](C#Cc3cc(F)c(F)nc3F)CC2)cc1. The summed E-state index contributed by atoms with van der Waals surface area (Å²) in [5.74, 6) is 3.41. The molecule has 1 aromatic heterocycles. The van der Waals surface area contributed by atoms with Crippen LogP contribution in [0, 0.1) is 35.5 Å². The lowest BCUT2D eigenvalue weighted by molar-refractivity contribution is 0.317. The molecule has 27 heavy (non-hydrogen) atoms. The average Bonchev–Trinajstić information content (AvgIpc) is 2.69. The molecule has 0 bridgehead atoms. The van der Waals surface area contributed by atoms with E-state index in [1.807, 2.05) is 12.1 Å². The predicted octanol–water partition coefficient (Wildman–Crippen LogP) is 5.61. The molecule has 0 saturated heterocycles. The summed E-state index contributed by atoms with van der Waals surface area (Å²) in [7, 11) is 0. The van der Waals surface area contributed by atoms with Gasteiger partial charge in [0, 0.05) is 5.92 Å². The van der Waals surface area contributed by atoms with Gasteiger partial charge < -0.3 is 4.74 Å². The van der Waals surface area contributed by atoms with Gasteiger partial charge in [0.1, 0.15) is 5.75 Å². The minimum atomic E-state index is -1.44. The molecule has 5 heteroatoms. The van der Waals surface area contributed by atoms with E-state index < -0.39 is 17.7 Å². The number of nitrogens with zero attached hydrogens (tertiary/aromatic N) is 1. The zero-order chi connectivity index (χ0) is 19.2. The first-order chi connectivity index (χ1) is 13.1. The van der Waals surface area contributed by atoms with Gasteiger partial charge in [0.15, 0.2) is 5.82 Å². The third-order valence-corrected chi connectivity index (χ3v) is 4.85. The van der Waals surface area contributed by atoms with Crippen LogP contribution in [0.2, 0.25) is 0 Å². The number of aromatic nitrogens is 1. The molecule has 0 spiro atoms. The molecular formula is C22H22F3NO. The third-order valence-electron chi connectivity index (χ3n) is 4.85. The lowest BCUT2D eigenvalue weighted by Crippen LogP contribution is -2.12. The molecule has 0 radical (unpaired) electrons. The largest absolute Gasteiger partial charge is 0.494 e. The average molecular weight is 373 g/mol. The number of halogens is 3. The van der Waals surface area contributed by atoms with Crippen molar-refractivity contribution in [1.29, 1.82) is 0 Å². The highest BCUT2D eigenvalue weighted by atomic mass is 19.2. The van der Waals surface area contributed by atoms with E-state index in [2.05, 4.69) is 35.9 Å². The van der Waals surface area contributed by atoms with Gasteiger partial charge in [0.2, 0.25) is 5.95 Å². The second-order valence-corrected chi connectivity index (χ2v) is 6.83. The van der Waals surface area contributed by atoms with E-state index in [9.17, 15) is 13.2 Å². The van der Waals surface area contributed by atoms with Gasteiger partial charge in [-0.3, -0.25) is 0 Å². The fraction of sp³-hybridized carbons (Fsp3) is 0.409. The third kappa shape index (κ3) is 5.03. The van der Waals surface area contributed by atoms with Crippen LogP contribution < -0.4 is 4.74 Å². The van der Waals surface area contributed by atoms with Gasteiger partial charge in [0.25, 0.3) is 5.95 Å². The summed E-state index contributed by atoms with van der Waals surface area (Å²) < 4.78 is 45.2. The molecule has 3 rings (SSSR count). The zero-order valence-electron chi connectivity index (χ0n) is 15.3. The Hall–Kier alpha value is -2.48. The van der Waals surface area contributed by atoms with Crippen molar-refractivity contribution in [2.45, 2.75) is 44.9 Å². The van der Waals surface area contributed by atoms with Gasteiger partial charge >= 0.3 is 0 Å². The Kier molecular flexibility index (Phi) is 6.39. The first-order valence-electron chi connectivity index (χ1n) is 9.32. The van der Waals surface area contributed by atoms with Crippen LogP contribution in [0.3, 0.4) is 0 Å². The highest BCUT2D eigenvalue weighted by Gasteiger charge is 2.21. The normalized spacial score (nSPS) is 19.3. The number of benzene rings is 1. The van der Waals surface area contributed by atoms with E-state index >= 15 is 0 Å². The monoisotopic (exact) mass is 373 g/mol. The zero-order valence-corrected chi connectivity index (χ0v) is 15.3. The summed E-state index contributed by atoms with van der Waals surface area (Å²) >= 11 is 0. The molecular weight excluding hydrogens is 351 g/mol. The van der Waals surface area contributed by atoms with Gasteiger partial charge in [-0.15, -0.1) is 0 Å². The van der Waals surface area contributed by atoms with Crippen molar-refractivity contribution in [3.8, 4) is 17.6 Å². The van der Waals surface area contributed by atoms with Crippen LogP contribution in [-0.2, 0) is 0 Å². The van der Waals surface area contributed by atoms with Crippen molar-refractivity contribution >= 4 is 0 Å². The first-order valence-corrected chi connectivity index (χ1v) is 9.32. The smallest absolute Gasteiger partial charge is 0.251 e. The minimum absolute atomic E-state index is 0.126. The van der Waals surface area contributed by atoms with Crippen molar-refractivity contribution in [2.24, 2.45) is 5.92 Å². The topological polar surface area (TPSA) is 22.1 Å². The lowest BCUT2D eigenvalue weighted by Gasteiger charge is -2.26. The molecule has 1 fully saturated rings. The van der Waals surface area contributed by atoms with Crippen molar-refractivity contribution < 1.29 is 17.9 Å². The molecule has 1 saturated carbocycles. The molecule has 2 nitrogen and oxygen atoms in total. The van der Waals surface area contributed by atoms with Crippen molar-refractivity contribution in [3.63, 3.8) is 0 Å². The molecule has 0 aliphatic heterocycles. The van der Waals surface area contributed by atoms with E-state index in [1.54, 1.807) is 0 Å². The van der Waals surface area contributed by atoms with Crippen LogP contribution in [0.1, 0.15) is 56.1 Å². The maximum absolute atomic E-state index is 13.5. The molecule has 1 aromatic carbocycles. The van der Waals surface area contributed by atoms with E-state index in [0.29, 0.717) is 5.92 Å². The molecule has 1 aliphatic carbocycles. The quantitative estimate of drug-likeness (QED) is 0.513. The number of hydrogen-bond donors (Lipinski definition) is 0. The highest BCUT2D eigenvalue weighted by molar-refractivity contribution is 5.34. The summed E-state index contributed by atoms with van der Waals surface area (Å²) in [5, 5.41) is 0. The van der Waals surface area contributed by atoms with Crippen LogP contribution >= 0.6 is 0 Å². The van der Waals surface area contributed by atoms with Gasteiger partial charge in [-0.2, -0.15) is 13.8 Å². The standard InChI is InChI=1S/C22H22F3NO/c1-2-13-27-19-11-9-17(10-12-19)16-6-3-15(4-7-16)5-8-18-14-20(23)22(25)26-21(18)24/h9-12,14-16H,2-4,6-7,13H2,1H3/t15-,16-. The fourth-order valence-electron chi connectivity index (χ4n) is 3.34. The Bertz CT molecular complexity index is 831. The lowest BCUT2D eigenvalue weighted by atomic mass is 9.79. The number of hydrogen-bond acceptors (Lipinski definition) is 2. The Morgan fingerprint density at radius 1 is 1.04 bits per heavy atom. The van der Waals surface area contributed by atoms with Gasteiger partial charge in [-0.1, -0.05) is 30.9 Å².